The summed E-state index contributed by atoms with van der Waals surface area (Å²) in [5.41, 5.74) is -0.501. The van der Waals surface area contributed by atoms with Crippen molar-refractivity contribution in [2.45, 2.75) is 24.2 Å². The lowest BCUT2D eigenvalue weighted by Crippen LogP contribution is -2.32. The molecule has 0 saturated carbocycles. The molecule has 1 aromatic carbocycles. The van der Waals surface area contributed by atoms with E-state index in [-0.39, 0.29) is 0 Å². The molecule has 0 radical (unpaired) electrons. The first-order chi connectivity index (χ1) is 9.79. The Bertz CT molecular complexity index is 644. The van der Waals surface area contributed by atoms with Gasteiger partial charge >= 0.3 is 12.6 Å². The fourth-order valence-corrected chi connectivity index (χ4v) is 2.85. The number of ether oxygens (including phenoxy) is 3. The monoisotopic (exact) mass is 342 g/mol. The van der Waals surface area contributed by atoms with Crippen molar-refractivity contribution in [1.82, 2.24) is 0 Å². The van der Waals surface area contributed by atoms with Gasteiger partial charge in [0.15, 0.2) is 0 Å². The molecule has 0 spiro atoms. The van der Waals surface area contributed by atoms with Crippen LogP contribution in [-0.4, -0.2) is 33.9 Å². The van der Waals surface area contributed by atoms with Gasteiger partial charge in [-0.15, -0.1) is 0 Å². The SMILES string of the molecule is O=C(OC1CCO1)c1cccc(OC(F)F)c1S(=O)(=O)Cl. The van der Waals surface area contributed by atoms with Gasteiger partial charge in [-0.1, -0.05) is 6.07 Å². The fraction of sp³-hybridized carbons (Fsp3) is 0.364. The van der Waals surface area contributed by atoms with Gasteiger partial charge in [0.25, 0.3) is 9.05 Å². The standard InChI is InChI=1S/C11H9ClF2O6S/c12-21(16,17)9-6(10(15)20-8-4-5-18-8)2-1-3-7(9)19-11(13)14/h1-3,8,11H,4-5H2. The minimum absolute atomic E-state index is 0.410. The smallest absolute Gasteiger partial charge is 0.387 e. The number of rotatable bonds is 5. The Kier molecular flexibility index (Phi) is 4.64. The predicted octanol–water partition coefficient (Wildman–Crippen LogP) is 2.12. The first-order valence-electron chi connectivity index (χ1n) is 5.64. The molecule has 21 heavy (non-hydrogen) atoms. The van der Waals surface area contributed by atoms with Gasteiger partial charge in [-0.25, -0.2) is 13.2 Å². The summed E-state index contributed by atoms with van der Waals surface area (Å²) >= 11 is 0. The largest absolute Gasteiger partial charge is 0.433 e. The Morgan fingerprint density at radius 2 is 2.10 bits per heavy atom. The summed E-state index contributed by atoms with van der Waals surface area (Å²) in [6.45, 7) is -2.86. The third-order valence-electron chi connectivity index (χ3n) is 2.55. The predicted molar refractivity (Wildman–Crippen MR) is 65.9 cm³/mol. The number of hydrogen-bond acceptors (Lipinski definition) is 6. The van der Waals surface area contributed by atoms with E-state index in [9.17, 15) is 22.0 Å². The third-order valence-corrected chi connectivity index (χ3v) is 3.93. The van der Waals surface area contributed by atoms with E-state index < -0.39 is 44.1 Å². The normalized spacial score (nSPS) is 18.2. The van der Waals surface area contributed by atoms with Gasteiger partial charge in [-0.3, -0.25) is 0 Å². The molecular weight excluding hydrogens is 334 g/mol. The van der Waals surface area contributed by atoms with Crippen molar-refractivity contribution in [2.75, 3.05) is 6.61 Å². The maximum absolute atomic E-state index is 12.3. The summed E-state index contributed by atoms with van der Waals surface area (Å²) in [5, 5.41) is 0. The average Bonchev–Trinajstić information content (AvgIpc) is 2.31. The van der Waals surface area contributed by atoms with Crippen LogP contribution in [0.3, 0.4) is 0 Å². The van der Waals surface area contributed by atoms with Crippen LogP contribution in [0, 0.1) is 0 Å². The molecule has 0 bridgehead atoms. The average molecular weight is 343 g/mol. The van der Waals surface area contributed by atoms with Crippen LogP contribution in [0.5, 0.6) is 5.75 Å². The highest BCUT2D eigenvalue weighted by atomic mass is 35.7. The van der Waals surface area contributed by atoms with E-state index >= 15 is 0 Å². The molecule has 116 valence electrons. The number of halogens is 3. The van der Waals surface area contributed by atoms with Crippen molar-refractivity contribution in [3.05, 3.63) is 23.8 Å². The van der Waals surface area contributed by atoms with E-state index in [1.54, 1.807) is 0 Å². The van der Waals surface area contributed by atoms with Crippen LogP contribution < -0.4 is 4.74 Å². The van der Waals surface area contributed by atoms with Gasteiger partial charge in [0.2, 0.25) is 6.29 Å². The number of benzene rings is 1. The van der Waals surface area contributed by atoms with Crippen LogP contribution in [0.1, 0.15) is 16.8 Å². The molecule has 1 fully saturated rings. The van der Waals surface area contributed by atoms with Gasteiger partial charge in [-0.05, 0) is 12.1 Å². The Labute approximate surface area is 123 Å². The Morgan fingerprint density at radius 3 is 2.57 bits per heavy atom. The van der Waals surface area contributed by atoms with E-state index in [2.05, 4.69) is 4.74 Å². The van der Waals surface area contributed by atoms with E-state index in [1.165, 1.54) is 6.07 Å². The van der Waals surface area contributed by atoms with Crippen LogP contribution in [-0.2, 0) is 18.5 Å². The lowest BCUT2D eigenvalue weighted by Gasteiger charge is -2.26. The van der Waals surface area contributed by atoms with Crippen LogP contribution >= 0.6 is 10.7 Å². The zero-order valence-electron chi connectivity index (χ0n) is 10.3. The van der Waals surface area contributed by atoms with Crippen LogP contribution in [0.25, 0.3) is 0 Å². The molecule has 1 aliphatic rings. The minimum Gasteiger partial charge on any atom is -0.433 e. The van der Waals surface area contributed by atoms with Crippen molar-refractivity contribution >= 4 is 25.7 Å². The highest BCUT2D eigenvalue weighted by Crippen LogP contribution is 2.32. The van der Waals surface area contributed by atoms with Gasteiger partial charge in [0.05, 0.1) is 12.2 Å². The molecule has 2 rings (SSSR count). The molecule has 0 amide bonds. The molecule has 6 nitrogen and oxygen atoms in total. The topological polar surface area (TPSA) is 78.9 Å². The van der Waals surface area contributed by atoms with Crippen LogP contribution in [0.15, 0.2) is 23.1 Å². The van der Waals surface area contributed by atoms with Gasteiger partial charge in [0, 0.05) is 17.1 Å². The quantitative estimate of drug-likeness (QED) is 0.602. The number of carbonyl (C=O) groups is 1. The molecular formula is C11H9ClF2O6S. The summed E-state index contributed by atoms with van der Waals surface area (Å²) in [4.78, 5) is 11.0. The second-order valence-electron chi connectivity index (χ2n) is 3.94. The van der Waals surface area contributed by atoms with Gasteiger partial charge < -0.3 is 14.2 Å². The van der Waals surface area contributed by atoms with Gasteiger partial charge in [-0.2, -0.15) is 8.78 Å². The lowest BCUT2D eigenvalue weighted by molar-refractivity contribution is -0.184. The second kappa shape index (κ2) is 6.12. The van der Waals surface area contributed by atoms with Crippen molar-refractivity contribution < 1.29 is 36.2 Å². The van der Waals surface area contributed by atoms with Crippen LogP contribution in [0.4, 0.5) is 8.78 Å². The Balaban J connectivity index is 2.41. The first-order valence-corrected chi connectivity index (χ1v) is 7.95. The maximum Gasteiger partial charge on any atom is 0.387 e. The zero-order chi connectivity index (χ0) is 15.6. The third kappa shape index (κ3) is 3.80. The molecule has 1 atom stereocenters. The molecule has 0 N–H and O–H groups in total. The minimum atomic E-state index is -4.51. The van der Waals surface area contributed by atoms with E-state index in [0.29, 0.717) is 13.0 Å². The van der Waals surface area contributed by atoms with Crippen molar-refractivity contribution in [3.8, 4) is 5.75 Å². The number of carbonyl (C=O) groups excluding carboxylic acids is 1. The molecule has 10 heteroatoms. The van der Waals surface area contributed by atoms with E-state index in [1.807, 2.05) is 0 Å². The van der Waals surface area contributed by atoms with Crippen molar-refractivity contribution in [2.24, 2.45) is 0 Å². The molecule has 1 unspecified atom stereocenters. The Hall–Kier alpha value is -1.45. The second-order valence-corrected chi connectivity index (χ2v) is 6.45. The zero-order valence-corrected chi connectivity index (χ0v) is 11.9. The fourth-order valence-electron chi connectivity index (χ4n) is 1.61. The number of alkyl halides is 2. The van der Waals surface area contributed by atoms with E-state index in [0.717, 1.165) is 12.1 Å². The number of hydrogen-bond donors (Lipinski definition) is 0. The summed E-state index contributed by atoms with van der Waals surface area (Å²) in [6.07, 6.45) is -0.329. The highest BCUT2D eigenvalue weighted by Gasteiger charge is 2.30. The van der Waals surface area contributed by atoms with E-state index in [4.69, 9.17) is 20.2 Å². The summed E-state index contributed by atoms with van der Waals surface area (Å²) in [5.74, 6) is -1.79. The summed E-state index contributed by atoms with van der Waals surface area (Å²) in [7, 11) is 0.682. The first kappa shape index (κ1) is 15.9. The summed E-state index contributed by atoms with van der Waals surface area (Å²) in [6, 6.07) is 3.20. The molecule has 0 aromatic heterocycles. The van der Waals surface area contributed by atoms with Crippen LogP contribution in [0.2, 0.25) is 0 Å². The molecule has 1 aliphatic heterocycles. The van der Waals surface area contributed by atoms with Gasteiger partial charge in [0.1, 0.15) is 10.6 Å². The lowest BCUT2D eigenvalue weighted by atomic mass is 10.2. The molecule has 1 aromatic rings. The number of esters is 1. The molecule has 0 aliphatic carbocycles. The molecule has 1 heterocycles. The van der Waals surface area contributed by atoms with Crippen molar-refractivity contribution in [1.29, 1.82) is 0 Å². The summed E-state index contributed by atoms with van der Waals surface area (Å²) < 4.78 is 61.4. The molecule has 1 saturated heterocycles. The highest BCUT2D eigenvalue weighted by molar-refractivity contribution is 8.13. The Morgan fingerprint density at radius 1 is 1.43 bits per heavy atom. The maximum atomic E-state index is 12.3. The van der Waals surface area contributed by atoms with Crippen molar-refractivity contribution in [3.63, 3.8) is 0 Å².